The smallest absolute Gasteiger partial charge is 0.269 e. The number of benzene rings is 2. The third-order valence-corrected chi connectivity index (χ3v) is 3.35. The Hall–Kier alpha value is -3.15. The Kier molecular flexibility index (Phi) is 3.57. The van der Waals surface area contributed by atoms with E-state index < -0.39 is 4.92 Å². The highest BCUT2D eigenvalue weighted by Gasteiger charge is 2.11. The molecule has 1 aromatic heterocycles. The average molecular weight is 295 g/mol. The van der Waals surface area contributed by atoms with Gasteiger partial charge in [-0.05, 0) is 30.3 Å². The van der Waals surface area contributed by atoms with Crippen LogP contribution in [0.25, 0.3) is 22.5 Å². The summed E-state index contributed by atoms with van der Waals surface area (Å²) in [6, 6.07) is 15.8. The van der Waals surface area contributed by atoms with Crippen LogP contribution < -0.4 is 4.74 Å². The van der Waals surface area contributed by atoms with E-state index in [9.17, 15) is 10.1 Å². The lowest BCUT2D eigenvalue weighted by atomic mass is 10.1. The molecule has 0 saturated carbocycles. The van der Waals surface area contributed by atoms with Crippen molar-refractivity contribution in [2.45, 2.75) is 0 Å². The van der Waals surface area contributed by atoms with Crippen LogP contribution in [-0.2, 0) is 0 Å². The fourth-order valence-electron chi connectivity index (χ4n) is 2.23. The van der Waals surface area contributed by atoms with Crippen molar-refractivity contribution < 1.29 is 9.66 Å². The predicted molar refractivity (Wildman–Crippen MR) is 82.7 cm³/mol. The van der Waals surface area contributed by atoms with Crippen molar-refractivity contribution in [1.82, 2.24) is 10.2 Å². The van der Waals surface area contributed by atoms with Crippen molar-refractivity contribution in [2.24, 2.45) is 0 Å². The SMILES string of the molecule is COc1ccccc1-c1cc(-c2ccc([N+](=O)[O-])cc2)[nH]n1. The zero-order valence-electron chi connectivity index (χ0n) is 11.8. The summed E-state index contributed by atoms with van der Waals surface area (Å²) in [5.41, 5.74) is 3.32. The number of aromatic amines is 1. The quantitative estimate of drug-likeness (QED) is 0.588. The standard InChI is InChI=1S/C16H13N3O3/c1-22-16-5-3-2-4-13(16)15-10-14(17-18-15)11-6-8-12(9-7-11)19(20)21/h2-10H,1H3,(H,17,18). The Morgan fingerprint density at radius 2 is 1.86 bits per heavy atom. The maximum absolute atomic E-state index is 10.7. The van der Waals surface area contributed by atoms with Crippen LogP contribution in [0.3, 0.4) is 0 Å². The minimum absolute atomic E-state index is 0.0632. The van der Waals surface area contributed by atoms with Gasteiger partial charge in [-0.3, -0.25) is 15.2 Å². The Labute approximate surface area is 126 Å². The monoisotopic (exact) mass is 295 g/mol. The maximum Gasteiger partial charge on any atom is 0.269 e. The summed E-state index contributed by atoms with van der Waals surface area (Å²) < 4.78 is 5.33. The lowest BCUT2D eigenvalue weighted by Gasteiger charge is -2.04. The van der Waals surface area contributed by atoms with Gasteiger partial charge in [-0.25, -0.2) is 0 Å². The first-order chi connectivity index (χ1) is 10.7. The van der Waals surface area contributed by atoms with E-state index in [0.29, 0.717) is 0 Å². The molecule has 6 nitrogen and oxygen atoms in total. The molecular formula is C16H13N3O3. The number of hydrogen-bond donors (Lipinski definition) is 1. The number of ether oxygens (including phenoxy) is 1. The van der Waals surface area contributed by atoms with E-state index in [2.05, 4.69) is 10.2 Å². The van der Waals surface area contributed by atoms with Crippen molar-refractivity contribution in [3.05, 3.63) is 64.7 Å². The number of aromatic nitrogens is 2. The maximum atomic E-state index is 10.7. The molecular weight excluding hydrogens is 282 g/mol. The molecule has 0 amide bonds. The van der Waals surface area contributed by atoms with E-state index in [4.69, 9.17) is 4.74 Å². The van der Waals surface area contributed by atoms with E-state index in [1.165, 1.54) is 12.1 Å². The number of nitrogens with zero attached hydrogens (tertiary/aromatic N) is 2. The largest absolute Gasteiger partial charge is 0.496 e. The van der Waals surface area contributed by atoms with Gasteiger partial charge in [0.2, 0.25) is 0 Å². The normalized spacial score (nSPS) is 10.4. The second-order valence-corrected chi connectivity index (χ2v) is 4.67. The number of para-hydroxylation sites is 1. The van der Waals surface area contributed by atoms with Crippen LogP contribution >= 0.6 is 0 Å². The average Bonchev–Trinajstić information content (AvgIpc) is 3.04. The Morgan fingerprint density at radius 1 is 1.14 bits per heavy atom. The molecule has 0 aliphatic carbocycles. The van der Waals surface area contributed by atoms with E-state index in [-0.39, 0.29) is 5.69 Å². The first-order valence-corrected chi connectivity index (χ1v) is 6.62. The van der Waals surface area contributed by atoms with Crippen LogP contribution in [0.5, 0.6) is 5.75 Å². The molecule has 0 unspecified atom stereocenters. The zero-order valence-corrected chi connectivity index (χ0v) is 11.8. The number of hydrogen-bond acceptors (Lipinski definition) is 4. The fourth-order valence-corrected chi connectivity index (χ4v) is 2.23. The van der Waals surface area contributed by atoms with E-state index in [1.807, 2.05) is 30.3 Å². The molecule has 6 heteroatoms. The summed E-state index contributed by atoms with van der Waals surface area (Å²) in [4.78, 5) is 10.3. The molecule has 3 rings (SSSR count). The molecule has 1 heterocycles. The summed E-state index contributed by atoms with van der Waals surface area (Å²) in [5, 5.41) is 17.9. The number of nitro benzene ring substituents is 1. The van der Waals surface area contributed by atoms with Gasteiger partial charge in [-0.15, -0.1) is 0 Å². The van der Waals surface area contributed by atoms with Crippen LogP contribution in [-0.4, -0.2) is 22.2 Å². The van der Waals surface area contributed by atoms with Gasteiger partial charge in [0.05, 0.1) is 23.4 Å². The Morgan fingerprint density at radius 3 is 2.55 bits per heavy atom. The number of nitrogens with one attached hydrogen (secondary N) is 1. The molecule has 0 spiro atoms. The number of nitro groups is 1. The minimum Gasteiger partial charge on any atom is -0.496 e. The molecule has 0 bridgehead atoms. The molecule has 0 aliphatic rings. The fraction of sp³-hybridized carbons (Fsp3) is 0.0625. The van der Waals surface area contributed by atoms with Gasteiger partial charge >= 0.3 is 0 Å². The first kappa shape index (κ1) is 13.8. The van der Waals surface area contributed by atoms with Crippen LogP contribution in [0.4, 0.5) is 5.69 Å². The molecule has 0 aliphatic heterocycles. The van der Waals surface area contributed by atoms with Crippen LogP contribution in [0.15, 0.2) is 54.6 Å². The number of methoxy groups -OCH3 is 1. The highest BCUT2D eigenvalue weighted by atomic mass is 16.6. The first-order valence-electron chi connectivity index (χ1n) is 6.62. The number of rotatable bonds is 4. The Balaban J connectivity index is 1.95. The van der Waals surface area contributed by atoms with Crippen molar-refractivity contribution in [3.8, 4) is 28.3 Å². The molecule has 22 heavy (non-hydrogen) atoms. The highest BCUT2D eigenvalue weighted by molar-refractivity contribution is 5.72. The van der Waals surface area contributed by atoms with Gasteiger partial charge in [-0.1, -0.05) is 12.1 Å². The van der Waals surface area contributed by atoms with E-state index >= 15 is 0 Å². The predicted octanol–water partition coefficient (Wildman–Crippen LogP) is 3.66. The van der Waals surface area contributed by atoms with E-state index in [0.717, 1.165) is 28.3 Å². The van der Waals surface area contributed by atoms with Gasteiger partial charge in [0.15, 0.2) is 0 Å². The van der Waals surface area contributed by atoms with Crippen LogP contribution in [0, 0.1) is 10.1 Å². The van der Waals surface area contributed by atoms with Crippen LogP contribution in [0.2, 0.25) is 0 Å². The van der Waals surface area contributed by atoms with Gasteiger partial charge in [-0.2, -0.15) is 5.10 Å². The van der Waals surface area contributed by atoms with Crippen molar-refractivity contribution in [3.63, 3.8) is 0 Å². The molecule has 0 fully saturated rings. The molecule has 110 valence electrons. The Bertz CT molecular complexity index is 810. The van der Waals surface area contributed by atoms with Gasteiger partial charge in [0.25, 0.3) is 5.69 Å². The minimum atomic E-state index is -0.420. The topological polar surface area (TPSA) is 81.0 Å². The van der Waals surface area contributed by atoms with Crippen LogP contribution in [0.1, 0.15) is 0 Å². The van der Waals surface area contributed by atoms with E-state index in [1.54, 1.807) is 19.2 Å². The van der Waals surface area contributed by atoms with Crippen molar-refractivity contribution in [2.75, 3.05) is 7.11 Å². The molecule has 0 radical (unpaired) electrons. The second-order valence-electron chi connectivity index (χ2n) is 4.67. The molecule has 2 aromatic carbocycles. The van der Waals surface area contributed by atoms with Gasteiger partial charge in [0, 0.05) is 23.3 Å². The van der Waals surface area contributed by atoms with Crippen molar-refractivity contribution >= 4 is 5.69 Å². The van der Waals surface area contributed by atoms with Gasteiger partial charge < -0.3 is 4.74 Å². The molecule has 0 saturated heterocycles. The summed E-state index contributed by atoms with van der Waals surface area (Å²) in [6.45, 7) is 0. The third kappa shape index (κ3) is 2.54. The summed E-state index contributed by atoms with van der Waals surface area (Å²) >= 11 is 0. The van der Waals surface area contributed by atoms with Crippen molar-refractivity contribution in [1.29, 1.82) is 0 Å². The zero-order chi connectivity index (χ0) is 15.5. The lowest BCUT2D eigenvalue weighted by Crippen LogP contribution is -1.87. The summed E-state index contributed by atoms with van der Waals surface area (Å²) in [6.07, 6.45) is 0. The molecule has 0 atom stereocenters. The highest BCUT2D eigenvalue weighted by Crippen LogP contribution is 2.30. The number of non-ortho nitro benzene ring substituents is 1. The molecule has 3 aromatic rings. The summed E-state index contributed by atoms with van der Waals surface area (Å²) in [5.74, 6) is 0.740. The number of H-pyrrole nitrogens is 1. The lowest BCUT2D eigenvalue weighted by molar-refractivity contribution is -0.384. The second kappa shape index (κ2) is 5.69. The molecule has 1 N–H and O–H groups in total. The third-order valence-electron chi connectivity index (χ3n) is 3.35. The van der Waals surface area contributed by atoms with Gasteiger partial charge in [0.1, 0.15) is 5.75 Å². The summed E-state index contributed by atoms with van der Waals surface area (Å²) in [7, 11) is 1.61.